The zero-order chi connectivity index (χ0) is 9.26. The van der Waals surface area contributed by atoms with Crippen molar-refractivity contribution in [3.63, 3.8) is 0 Å². The van der Waals surface area contributed by atoms with Gasteiger partial charge in [0.05, 0.1) is 12.7 Å². The fraction of sp³-hybridized carbons (Fsp3) is 0.455. The Morgan fingerprint density at radius 2 is 2.15 bits per heavy atom. The van der Waals surface area contributed by atoms with Crippen LogP contribution in [0.3, 0.4) is 0 Å². The Kier molecular flexibility index (Phi) is 2.32. The molecule has 2 heteroatoms. The molecule has 0 saturated carbocycles. The van der Waals surface area contributed by atoms with Crippen LogP contribution in [-0.4, -0.2) is 12.7 Å². The van der Waals surface area contributed by atoms with Gasteiger partial charge in [0.2, 0.25) is 0 Å². The summed E-state index contributed by atoms with van der Waals surface area (Å²) in [6, 6.07) is 6.96. The fourth-order valence-corrected chi connectivity index (χ4v) is 1.84. The lowest BCUT2D eigenvalue weighted by atomic mass is 9.96. The third kappa shape index (κ3) is 1.73. The number of hydrogen-bond donors (Lipinski definition) is 0. The summed E-state index contributed by atoms with van der Waals surface area (Å²) < 4.78 is 18.7. The summed E-state index contributed by atoms with van der Waals surface area (Å²) in [7, 11) is 0. The lowest BCUT2D eigenvalue weighted by molar-refractivity contribution is 0.123. The summed E-state index contributed by atoms with van der Waals surface area (Å²) >= 11 is 0. The predicted octanol–water partition coefficient (Wildman–Crippen LogP) is 2.72. The van der Waals surface area contributed by atoms with Crippen molar-refractivity contribution in [1.29, 1.82) is 0 Å². The Hall–Kier alpha value is -0.890. The van der Waals surface area contributed by atoms with Crippen LogP contribution in [-0.2, 0) is 4.74 Å². The van der Waals surface area contributed by atoms with E-state index >= 15 is 0 Å². The SMILES string of the molecule is C[C@H]1C[C@H](c2ccccc2F)CO1. The van der Waals surface area contributed by atoms with Crippen LogP contribution in [0.2, 0.25) is 0 Å². The molecule has 13 heavy (non-hydrogen) atoms. The van der Waals surface area contributed by atoms with Crippen LogP contribution in [0.25, 0.3) is 0 Å². The molecule has 70 valence electrons. The Bertz CT molecular complexity index is 298. The van der Waals surface area contributed by atoms with Gasteiger partial charge in [-0.1, -0.05) is 18.2 Å². The Morgan fingerprint density at radius 1 is 1.38 bits per heavy atom. The van der Waals surface area contributed by atoms with Crippen molar-refractivity contribution < 1.29 is 9.13 Å². The summed E-state index contributed by atoms with van der Waals surface area (Å²) in [6.45, 7) is 2.68. The summed E-state index contributed by atoms with van der Waals surface area (Å²) in [4.78, 5) is 0. The molecular weight excluding hydrogens is 167 g/mol. The van der Waals surface area contributed by atoms with E-state index in [1.54, 1.807) is 6.07 Å². The first-order valence-corrected chi connectivity index (χ1v) is 4.63. The molecule has 0 spiro atoms. The molecule has 1 aliphatic heterocycles. The molecule has 1 nitrogen and oxygen atoms in total. The predicted molar refractivity (Wildman–Crippen MR) is 49.2 cm³/mol. The number of rotatable bonds is 1. The van der Waals surface area contributed by atoms with Crippen molar-refractivity contribution in [2.24, 2.45) is 0 Å². The molecule has 0 amide bonds. The lowest BCUT2D eigenvalue weighted by Crippen LogP contribution is -2.00. The largest absolute Gasteiger partial charge is 0.378 e. The van der Waals surface area contributed by atoms with Gasteiger partial charge in [0.15, 0.2) is 0 Å². The molecule has 2 rings (SSSR count). The molecule has 1 heterocycles. The first-order valence-electron chi connectivity index (χ1n) is 4.63. The fourth-order valence-electron chi connectivity index (χ4n) is 1.84. The number of ether oxygens (including phenoxy) is 1. The van der Waals surface area contributed by atoms with Gasteiger partial charge in [0.1, 0.15) is 5.82 Å². The zero-order valence-corrected chi connectivity index (χ0v) is 7.66. The quantitative estimate of drug-likeness (QED) is 0.645. The highest BCUT2D eigenvalue weighted by atomic mass is 19.1. The van der Waals surface area contributed by atoms with Gasteiger partial charge in [-0.2, -0.15) is 0 Å². The Morgan fingerprint density at radius 3 is 2.77 bits per heavy atom. The standard InChI is InChI=1S/C11H13FO/c1-8-6-9(7-13-8)10-4-2-3-5-11(10)12/h2-5,8-9H,6-7H2,1H3/t8-,9-/m0/s1. The van der Waals surface area contributed by atoms with Crippen LogP contribution in [0.4, 0.5) is 4.39 Å². The van der Waals surface area contributed by atoms with Gasteiger partial charge >= 0.3 is 0 Å². The lowest BCUT2D eigenvalue weighted by Gasteiger charge is -2.08. The molecule has 0 aromatic heterocycles. The van der Waals surface area contributed by atoms with Crippen LogP contribution >= 0.6 is 0 Å². The molecule has 1 aliphatic rings. The van der Waals surface area contributed by atoms with E-state index in [1.165, 1.54) is 6.07 Å². The monoisotopic (exact) mass is 180 g/mol. The van der Waals surface area contributed by atoms with Gasteiger partial charge in [0, 0.05) is 5.92 Å². The van der Waals surface area contributed by atoms with Crippen molar-refractivity contribution in [2.45, 2.75) is 25.4 Å². The average molecular weight is 180 g/mol. The van der Waals surface area contributed by atoms with Crippen molar-refractivity contribution >= 4 is 0 Å². The summed E-state index contributed by atoms with van der Waals surface area (Å²) in [5.41, 5.74) is 0.798. The minimum atomic E-state index is -0.106. The third-order valence-corrected chi connectivity index (χ3v) is 2.54. The second-order valence-electron chi connectivity index (χ2n) is 3.60. The van der Waals surface area contributed by atoms with Crippen LogP contribution in [0.15, 0.2) is 24.3 Å². The van der Waals surface area contributed by atoms with E-state index < -0.39 is 0 Å². The number of halogens is 1. The van der Waals surface area contributed by atoms with E-state index in [4.69, 9.17) is 4.74 Å². The summed E-state index contributed by atoms with van der Waals surface area (Å²) in [5.74, 6) is 0.140. The molecule has 1 aromatic carbocycles. The van der Waals surface area contributed by atoms with E-state index in [0.29, 0.717) is 6.61 Å². The third-order valence-electron chi connectivity index (χ3n) is 2.54. The van der Waals surface area contributed by atoms with Gasteiger partial charge in [0.25, 0.3) is 0 Å². The molecule has 0 unspecified atom stereocenters. The molecule has 0 aliphatic carbocycles. The van der Waals surface area contributed by atoms with E-state index in [0.717, 1.165) is 12.0 Å². The second kappa shape index (κ2) is 3.46. The topological polar surface area (TPSA) is 9.23 Å². The second-order valence-corrected chi connectivity index (χ2v) is 3.60. The molecule has 0 bridgehead atoms. The number of hydrogen-bond acceptors (Lipinski definition) is 1. The summed E-state index contributed by atoms with van der Waals surface area (Å²) in [5, 5.41) is 0. The number of benzene rings is 1. The average Bonchev–Trinajstić information content (AvgIpc) is 2.53. The molecule has 0 radical (unpaired) electrons. The highest BCUT2D eigenvalue weighted by Crippen LogP contribution is 2.30. The molecule has 1 fully saturated rings. The van der Waals surface area contributed by atoms with Crippen LogP contribution in [0, 0.1) is 5.82 Å². The highest BCUT2D eigenvalue weighted by molar-refractivity contribution is 5.22. The maximum absolute atomic E-state index is 13.3. The molecule has 1 saturated heterocycles. The van der Waals surface area contributed by atoms with Crippen LogP contribution in [0.5, 0.6) is 0 Å². The normalized spacial score (nSPS) is 27.8. The Balaban J connectivity index is 2.21. The van der Waals surface area contributed by atoms with Gasteiger partial charge in [-0.3, -0.25) is 0 Å². The smallest absolute Gasteiger partial charge is 0.126 e. The van der Waals surface area contributed by atoms with Crippen molar-refractivity contribution in [3.05, 3.63) is 35.6 Å². The summed E-state index contributed by atoms with van der Waals surface area (Å²) in [6.07, 6.45) is 1.20. The van der Waals surface area contributed by atoms with Gasteiger partial charge in [-0.05, 0) is 25.0 Å². The first-order chi connectivity index (χ1) is 6.27. The molecule has 0 N–H and O–H groups in total. The van der Waals surface area contributed by atoms with Crippen LogP contribution < -0.4 is 0 Å². The maximum Gasteiger partial charge on any atom is 0.126 e. The van der Waals surface area contributed by atoms with Crippen molar-refractivity contribution in [1.82, 2.24) is 0 Å². The van der Waals surface area contributed by atoms with Crippen molar-refractivity contribution in [3.8, 4) is 0 Å². The first kappa shape index (κ1) is 8.70. The maximum atomic E-state index is 13.3. The van der Waals surface area contributed by atoms with E-state index in [-0.39, 0.29) is 17.8 Å². The highest BCUT2D eigenvalue weighted by Gasteiger charge is 2.25. The molecule has 2 atom stereocenters. The van der Waals surface area contributed by atoms with Crippen molar-refractivity contribution in [2.75, 3.05) is 6.61 Å². The molecular formula is C11H13FO. The minimum absolute atomic E-state index is 0.106. The van der Waals surface area contributed by atoms with E-state index in [2.05, 4.69) is 0 Å². The van der Waals surface area contributed by atoms with Crippen LogP contribution in [0.1, 0.15) is 24.8 Å². The van der Waals surface area contributed by atoms with Gasteiger partial charge < -0.3 is 4.74 Å². The van der Waals surface area contributed by atoms with E-state index in [1.807, 2.05) is 19.1 Å². The van der Waals surface area contributed by atoms with Gasteiger partial charge in [-0.15, -0.1) is 0 Å². The van der Waals surface area contributed by atoms with E-state index in [9.17, 15) is 4.39 Å². The Labute approximate surface area is 77.5 Å². The molecule has 1 aromatic rings. The zero-order valence-electron chi connectivity index (χ0n) is 7.66. The minimum Gasteiger partial charge on any atom is -0.378 e. The van der Waals surface area contributed by atoms with Gasteiger partial charge in [-0.25, -0.2) is 4.39 Å².